The van der Waals surface area contributed by atoms with Gasteiger partial charge in [-0.2, -0.15) is 0 Å². The molecule has 4 aliphatic heterocycles. The maximum absolute atomic E-state index is 13.9. The zero-order valence-electron chi connectivity index (χ0n) is 24.1. The highest BCUT2D eigenvalue weighted by Gasteiger charge is 2.60. The third-order valence-corrected chi connectivity index (χ3v) is 9.50. The molecule has 39 heavy (non-hydrogen) atoms. The Morgan fingerprint density at radius 2 is 1.95 bits per heavy atom. The van der Waals surface area contributed by atoms with E-state index in [9.17, 15) is 15.0 Å². The number of esters is 1. The van der Waals surface area contributed by atoms with Gasteiger partial charge in [0.2, 0.25) is 0 Å². The molecule has 10 atom stereocenters. The summed E-state index contributed by atoms with van der Waals surface area (Å²) in [6.07, 6.45) is 12.8. The van der Waals surface area contributed by atoms with Crippen LogP contribution in [-0.2, 0) is 23.7 Å². The third kappa shape index (κ3) is 5.58. The minimum atomic E-state index is -1.68. The smallest absolute Gasteiger partial charge is 0.316 e. The molecule has 3 fully saturated rings. The maximum atomic E-state index is 13.9. The van der Waals surface area contributed by atoms with E-state index in [0.29, 0.717) is 35.8 Å². The van der Waals surface area contributed by atoms with Gasteiger partial charge in [0.1, 0.15) is 29.8 Å². The number of aliphatic hydroxyl groups is 2. The third-order valence-electron chi connectivity index (χ3n) is 9.50. The topological polar surface area (TPSA) is 94.5 Å². The lowest BCUT2D eigenvalue weighted by molar-refractivity contribution is -0.335. The largest absolute Gasteiger partial charge is 0.462 e. The molecule has 0 aromatic heterocycles. The van der Waals surface area contributed by atoms with Crippen LogP contribution < -0.4 is 0 Å². The van der Waals surface area contributed by atoms with Crippen molar-refractivity contribution in [1.82, 2.24) is 0 Å². The Morgan fingerprint density at radius 1 is 1.15 bits per heavy atom. The van der Waals surface area contributed by atoms with Gasteiger partial charge >= 0.3 is 5.97 Å². The molecule has 0 radical (unpaired) electrons. The Bertz CT molecular complexity index is 1060. The van der Waals surface area contributed by atoms with Crippen LogP contribution >= 0.6 is 0 Å². The van der Waals surface area contributed by atoms with Crippen LogP contribution in [0.25, 0.3) is 0 Å². The first kappa shape index (κ1) is 28.7. The molecule has 2 bridgehead atoms. The molecule has 0 saturated carbocycles. The second-order valence-corrected chi connectivity index (χ2v) is 12.7. The summed E-state index contributed by atoms with van der Waals surface area (Å²) in [5.41, 5.74) is 0.788. The van der Waals surface area contributed by atoms with Crippen LogP contribution in [0.3, 0.4) is 0 Å². The molecule has 1 spiro atoms. The summed E-state index contributed by atoms with van der Waals surface area (Å²) >= 11 is 0. The second-order valence-electron chi connectivity index (χ2n) is 12.7. The van der Waals surface area contributed by atoms with Crippen LogP contribution in [-0.4, -0.2) is 64.7 Å². The molecule has 0 unspecified atom stereocenters. The van der Waals surface area contributed by atoms with Crippen molar-refractivity contribution in [1.29, 1.82) is 0 Å². The lowest BCUT2D eigenvalue weighted by Crippen LogP contribution is -2.58. The van der Waals surface area contributed by atoms with Gasteiger partial charge < -0.3 is 29.2 Å². The second kappa shape index (κ2) is 11.2. The first-order valence-corrected chi connectivity index (χ1v) is 14.8. The van der Waals surface area contributed by atoms with E-state index in [0.717, 1.165) is 32.1 Å². The van der Waals surface area contributed by atoms with E-state index in [-0.39, 0.29) is 18.8 Å². The molecule has 3 saturated heterocycles. The molecule has 7 nitrogen and oxygen atoms in total. The van der Waals surface area contributed by atoms with E-state index in [1.165, 1.54) is 5.57 Å². The predicted octanol–water partition coefficient (Wildman–Crippen LogP) is 4.92. The van der Waals surface area contributed by atoms with Gasteiger partial charge in [-0.3, -0.25) is 4.79 Å². The highest BCUT2D eigenvalue weighted by Crippen LogP contribution is 2.47. The average Bonchev–Trinajstić information content (AvgIpc) is 3.23. The van der Waals surface area contributed by atoms with Crippen molar-refractivity contribution in [3.8, 4) is 0 Å². The number of ether oxygens (including phenoxy) is 4. The van der Waals surface area contributed by atoms with E-state index in [1.807, 2.05) is 12.2 Å². The Hall–Kier alpha value is -1.77. The monoisotopic (exact) mass is 542 g/mol. The number of allylic oxidation sites excluding steroid dienone is 4. The Labute approximate surface area is 232 Å². The van der Waals surface area contributed by atoms with E-state index < -0.39 is 41.6 Å². The van der Waals surface area contributed by atoms with Crippen molar-refractivity contribution in [2.75, 3.05) is 6.61 Å². The van der Waals surface area contributed by atoms with Gasteiger partial charge in [0.15, 0.2) is 5.79 Å². The van der Waals surface area contributed by atoms with Gasteiger partial charge in [-0.1, -0.05) is 56.7 Å². The van der Waals surface area contributed by atoms with Gasteiger partial charge in [-0.05, 0) is 62.5 Å². The lowest BCUT2D eigenvalue weighted by atomic mass is 9.71. The van der Waals surface area contributed by atoms with Gasteiger partial charge in [0.25, 0.3) is 0 Å². The zero-order chi connectivity index (χ0) is 27.9. The number of aliphatic hydroxyl groups excluding tert-OH is 1. The number of rotatable bonds is 1. The quantitative estimate of drug-likeness (QED) is 0.359. The summed E-state index contributed by atoms with van der Waals surface area (Å²) in [5, 5.41) is 22.9. The van der Waals surface area contributed by atoms with E-state index in [2.05, 4.69) is 39.8 Å². The van der Waals surface area contributed by atoms with Crippen molar-refractivity contribution < 1.29 is 34.0 Å². The molecular formula is C32H46O7. The van der Waals surface area contributed by atoms with Crippen LogP contribution in [0.2, 0.25) is 0 Å². The molecule has 0 amide bonds. The van der Waals surface area contributed by atoms with Crippen LogP contribution in [0.1, 0.15) is 79.6 Å². The molecule has 1 aliphatic carbocycles. The van der Waals surface area contributed by atoms with E-state index in [1.54, 1.807) is 13.0 Å². The summed E-state index contributed by atoms with van der Waals surface area (Å²) in [5.74, 6) is -1.52. The molecular weight excluding hydrogens is 496 g/mol. The minimum absolute atomic E-state index is 0.104. The maximum Gasteiger partial charge on any atom is 0.316 e. The fourth-order valence-corrected chi connectivity index (χ4v) is 7.23. The predicted molar refractivity (Wildman–Crippen MR) is 148 cm³/mol. The Morgan fingerprint density at radius 3 is 2.72 bits per heavy atom. The number of fused-ring (bicyclic) bond motifs is 2. The van der Waals surface area contributed by atoms with E-state index >= 15 is 0 Å². The molecule has 4 heterocycles. The average molecular weight is 543 g/mol. The Kier molecular flexibility index (Phi) is 8.29. The highest BCUT2D eigenvalue weighted by atomic mass is 16.7. The zero-order valence-corrected chi connectivity index (χ0v) is 24.1. The number of hydrogen-bond acceptors (Lipinski definition) is 7. The molecule has 0 aromatic carbocycles. The molecule has 216 valence electrons. The van der Waals surface area contributed by atoms with Crippen LogP contribution in [0.5, 0.6) is 0 Å². The standard InChI is InChI=1S/C32H46O7/c1-6-27-21(4)12-13-31(39-27)17-25-16-24(38-31)11-10-20(3)14-19(2)8-7-9-23-18-36-29-28(33)22(5)15-26(30(34)37-25)32(23,29)35/h7-10,15,19,21,24-29,33,35H,6,11-14,16-18H2,1-5H3/b8-7-,20-10-,23-9-/t19-,21-,24+,25-,26-,27+,28+,29+,31+,32+/m0/s1. The fraction of sp³-hybridized carbons (Fsp3) is 0.719. The van der Waals surface area contributed by atoms with Crippen molar-refractivity contribution in [3.63, 3.8) is 0 Å². The SMILES string of the molecule is CC[C@H]1O[C@]2(CC[C@@H]1C)C[C@@H]1C[C@@H](C/C=C(/C)C[C@@H](C)/C=C\C=C3\CO[C@@H]4[C@H](O)C(C)=C[C@@H](C(=O)O1)[C@]34O)O2. The molecule has 0 aromatic rings. The van der Waals surface area contributed by atoms with Gasteiger partial charge in [-0.25, -0.2) is 0 Å². The van der Waals surface area contributed by atoms with Gasteiger partial charge in [-0.15, -0.1) is 0 Å². The molecule has 7 heteroatoms. The first-order valence-electron chi connectivity index (χ1n) is 14.8. The number of hydrogen-bond donors (Lipinski definition) is 2. The summed E-state index contributed by atoms with van der Waals surface area (Å²) < 4.78 is 25.4. The van der Waals surface area contributed by atoms with Crippen molar-refractivity contribution in [2.45, 2.75) is 121 Å². The van der Waals surface area contributed by atoms with Gasteiger partial charge in [0.05, 0.1) is 18.8 Å². The summed E-state index contributed by atoms with van der Waals surface area (Å²) in [4.78, 5) is 13.9. The highest BCUT2D eigenvalue weighted by molar-refractivity contribution is 5.78. The van der Waals surface area contributed by atoms with E-state index in [4.69, 9.17) is 18.9 Å². The van der Waals surface area contributed by atoms with Crippen molar-refractivity contribution in [3.05, 3.63) is 47.1 Å². The molecule has 2 N–H and O–H groups in total. The normalized spacial score (nSPS) is 48.7. The minimum Gasteiger partial charge on any atom is -0.462 e. The van der Waals surface area contributed by atoms with Gasteiger partial charge in [0, 0.05) is 19.3 Å². The first-order chi connectivity index (χ1) is 18.5. The van der Waals surface area contributed by atoms with Crippen LogP contribution in [0.15, 0.2) is 47.1 Å². The molecule has 5 rings (SSSR count). The fourth-order valence-electron chi connectivity index (χ4n) is 7.23. The summed E-state index contributed by atoms with van der Waals surface area (Å²) in [6, 6.07) is 0. The summed E-state index contributed by atoms with van der Waals surface area (Å²) in [7, 11) is 0. The molecule has 5 aliphatic rings. The van der Waals surface area contributed by atoms with Crippen LogP contribution in [0, 0.1) is 17.8 Å². The van der Waals surface area contributed by atoms with Crippen molar-refractivity contribution >= 4 is 5.97 Å². The Balaban J connectivity index is 1.51. The number of carbonyl (C=O) groups is 1. The lowest BCUT2D eigenvalue weighted by Gasteiger charge is -2.50. The number of carbonyl (C=O) groups excluding carboxylic acids is 1. The van der Waals surface area contributed by atoms with Crippen molar-refractivity contribution in [2.24, 2.45) is 17.8 Å². The summed E-state index contributed by atoms with van der Waals surface area (Å²) in [6.45, 7) is 10.6. The van der Waals surface area contributed by atoms with Crippen LogP contribution in [0.4, 0.5) is 0 Å².